The van der Waals surface area contributed by atoms with Crippen molar-refractivity contribution in [3.05, 3.63) is 66.0 Å². The van der Waals surface area contributed by atoms with Crippen LogP contribution in [0.2, 0.25) is 0 Å². The van der Waals surface area contributed by atoms with Crippen molar-refractivity contribution in [1.29, 1.82) is 0 Å². The van der Waals surface area contributed by atoms with Gasteiger partial charge in [-0.2, -0.15) is 0 Å². The molecule has 0 bridgehead atoms. The van der Waals surface area contributed by atoms with E-state index in [0.29, 0.717) is 11.3 Å². The van der Waals surface area contributed by atoms with Gasteiger partial charge in [-0.05, 0) is 37.6 Å². The van der Waals surface area contributed by atoms with Crippen LogP contribution in [-0.4, -0.2) is 19.5 Å². The van der Waals surface area contributed by atoms with Crippen molar-refractivity contribution in [2.24, 2.45) is 0 Å². The van der Waals surface area contributed by atoms with E-state index < -0.39 is 0 Å². The average molecular weight is 344 g/mol. The molecule has 1 aliphatic heterocycles. The number of imidazole rings is 1. The minimum Gasteiger partial charge on any atom is -0.327 e. The number of hydrogen-bond donors (Lipinski definition) is 0. The number of aromatic nitrogens is 4. The summed E-state index contributed by atoms with van der Waals surface area (Å²) in [6.07, 6.45) is 5.37. The Labute approximate surface area is 150 Å². The van der Waals surface area contributed by atoms with E-state index in [-0.39, 0.29) is 5.82 Å². The molecule has 26 heavy (non-hydrogen) atoms. The Hall–Kier alpha value is -3.08. The summed E-state index contributed by atoms with van der Waals surface area (Å²) < 4.78 is 16.8. The van der Waals surface area contributed by atoms with Crippen LogP contribution in [0.1, 0.15) is 17.8 Å². The van der Waals surface area contributed by atoms with Crippen LogP contribution in [0.15, 0.2) is 48.8 Å². The minimum atomic E-state index is -0.241. The first-order chi connectivity index (χ1) is 12.7. The van der Waals surface area contributed by atoms with Gasteiger partial charge >= 0.3 is 0 Å². The van der Waals surface area contributed by atoms with E-state index in [9.17, 15) is 4.39 Å². The van der Waals surface area contributed by atoms with Crippen LogP contribution >= 0.6 is 0 Å². The fourth-order valence-electron chi connectivity index (χ4n) is 3.74. The Morgan fingerprint density at radius 3 is 2.73 bits per heavy atom. The van der Waals surface area contributed by atoms with E-state index in [0.717, 1.165) is 53.1 Å². The number of hydrogen-bond acceptors (Lipinski definition) is 3. The van der Waals surface area contributed by atoms with E-state index in [1.807, 2.05) is 31.2 Å². The van der Waals surface area contributed by atoms with Crippen LogP contribution in [-0.2, 0) is 13.0 Å². The molecule has 4 aromatic rings. The Kier molecular flexibility index (Phi) is 3.35. The maximum absolute atomic E-state index is 14.6. The van der Waals surface area contributed by atoms with E-state index in [1.54, 1.807) is 18.5 Å². The Morgan fingerprint density at radius 1 is 1.00 bits per heavy atom. The van der Waals surface area contributed by atoms with E-state index in [4.69, 9.17) is 4.98 Å². The Bertz CT molecular complexity index is 1150. The third-order valence-corrected chi connectivity index (χ3v) is 4.95. The van der Waals surface area contributed by atoms with Crippen LogP contribution in [0.25, 0.3) is 33.5 Å². The normalized spacial score (nSPS) is 13.3. The van der Waals surface area contributed by atoms with E-state index in [2.05, 4.69) is 14.5 Å². The highest BCUT2D eigenvalue weighted by atomic mass is 19.1. The van der Waals surface area contributed by atoms with Gasteiger partial charge < -0.3 is 4.57 Å². The summed E-state index contributed by atoms with van der Waals surface area (Å²) in [7, 11) is 0. The zero-order chi connectivity index (χ0) is 17.7. The summed E-state index contributed by atoms with van der Waals surface area (Å²) >= 11 is 0. The third kappa shape index (κ3) is 2.31. The van der Waals surface area contributed by atoms with Crippen molar-refractivity contribution in [2.45, 2.75) is 26.3 Å². The predicted octanol–water partition coefficient (Wildman–Crippen LogP) is 4.55. The van der Waals surface area contributed by atoms with E-state index >= 15 is 0 Å². The van der Waals surface area contributed by atoms with Crippen molar-refractivity contribution in [2.75, 3.05) is 0 Å². The lowest BCUT2D eigenvalue weighted by Gasteiger charge is -2.10. The summed E-state index contributed by atoms with van der Waals surface area (Å²) in [5.74, 6) is 0.782. The van der Waals surface area contributed by atoms with Crippen LogP contribution < -0.4 is 0 Å². The fraction of sp³-hybridized carbons (Fsp3) is 0.190. The lowest BCUT2D eigenvalue weighted by atomic mass is 10.0. The molecule has 0 saturated carbocycles. The second kappa shape index (κ2) is 5.73. The van der Waals surface area contributed by atoms with Crippen molar-refractivity contribution >= 4 is 11.0 Å². The molecule has 128 valence electrons. The maximum Gasteiger partial charge on any atom is 0.132 e. The molecule has 0 radical (unpaired) electrons. The van der Waals surface area contributed by atoms with Gasteiger partial charge in [-0.15, -0.1) is 0 Å². The molecule has 0 unspecified atom stereocenters. The monoisotopic (exact) mass is 344 g/mol. The van der Waals surface area contributed by atoms with Crippen molar-refractivity contribution in [3.8, 4) is 22.5 Å². The van der Waals surface area contributed by atoms with Gasteiger partial charge in [0.05, 0.1) is 22.4 Å². The van der Waals surface area contributed by atoms with Crippen LogP contribution in [0, 0.1) is 12.7 Å². The first-order valence-electron chi connectivity index (χ1n) is 8.78. The molecule has 0 atom stereocenters. The van der Waals surface area contributed by atoms with Crippen LogP contribution in [0.4, 0.5) is 4.39 Å². The molecule has 0 aliphatic carbocycles. The minimum absolute atomic E-state index is 0.241. The smallest absolute Gasteiger partial charge is 0.132 e. The number of rotatable bonds is 2. The molecule has 2 aromatic heterocycles. The van der Waals surface area contributed by atoms with Crippen LogP contribution in [0.3, 0.4) is 0 Å². The number of halogens is 1. The summed E-state index contributed by atoms with van der Waals surface area (Å²) in [4.78, 5) is 13.6. The van der Waals surface area contributed by atoms with Crippen LogP contribution in [0.5, 0.6) is 0 Å². The molecule has 0 saturated heterocycles. The molecule has 0 N–H and O–H groups in total. The molecule has 5 rings (SSSR count). The third-order valence-electron chi connectivity index (χ3n) is 4.95. The van der Waals surface area contributed by atoms with Crippen molar-refractivity contribution < 1.29 is 4.39 Å². The number of aryl methyl sites for hydroxylation is 2. The lowest BCUT2D eigenvalue weighted by molar-refractivity contribution is 0.630. The van der Waals surface area contributed by atoms with Gasteiger partial charge in [0, 0.05) is 36.5 Å². The van der Waals surface area contributed by atoms with Gasteiger partial charge in [0.1, 0.15) is 11.6 Å². The zero-order valence-electron chi connectivity index (χ0n) is 14.4. The van der Waals surface area contributed by atoms with Gasteiger partial charge in [-0.25, -0.2) is 9.37 Å². The van der Waals surface area contributed by atoms with Gasteiger partial charge in [-0.3, -0.25) is 9.97 Å². The highest BCUT2D eigenvalue weighted by molar-refractivity contribution is 5.86. The van der Waals surface area contributed by atoms with Gasteiger partial charge in [0.25, 0.3) is 0 Å². The molecule has 1 aliphatic rings. The molecule has 0 fully saturated rings. The number of nitrogens with zero attached hydrogens (tertiary/aromatic N) is 4. The SMILES string of the molecule is Cc1ccc(F)c(-c2nc3n(c2-c2ccc4nccnc4c2)CCC3)c1. The van der Waals surface area contributed by atoms with E-state index in [1.165, 1.54) is 6.07 Å². The molecule has 0 amide bonds. The summed E-state index contributed by atoms with van der Waals surface area (Å²) in [6.45, 7) is 2.88. The Morgan fingerprint density at radius 2 is 1.85 bits per heavy atom. The quantitative estimate of drug-likeness (QED) is 0.536. The molecular formula is C21H17FN4. The molecule has 0 spiro atoms. The fourth-order valence-corrected chi connectivity index (χ4v) is 3.74. The first kappa shape index (κ1) is 15.2. The largest absolute Gasteiger partial charge is 0.327 e. The number of fused-ring (bicyclic) bond motifs is 2. The Balaban J connectivity index is 1.78. The molecular weight excluding hydrogens is 327 g/mol. The van der Waals surface area contributed by atoms with Crippen molar-refractivity contribution in [1.82, 2.24) is 19.5 Å². The second-order valence-electron chi connectivity index (χ2n) is 6.72. The molecule has 4 nitrogen and oxygen atoms in total. The van der Waals surface area contributed by atoms with Gasteiger partial charge in [-0.1, -0.05) is 17.7 Å². The standard InChI is InChI=1S/C21H17FN4/c1-13-4-6-16(22)15(11-13)20-21(26-10-2-3-19(26)25-20)14-5-7-17-18(12-14)24-9-8-23-17/h4-9,11-12H,2-3,10H2,1H3. The number of benzene rings is 2. The zero-order valence-corrected chi connectivity index (χ0v) is 14.4. The van der Waals surface area contributed by atoms with Gasteiger partial charge in [0.15, 0.2) is 0 Å². The summed E-state index contributed by atoms with van der Waals surface area (Å²) in [6, 6.07) is 11.2. The highest BCUT2D eigenvalue weighted by Gasteiger charge is 2.25. The topological polar surface area (TPSA) is 43.6 Å². The molecule has 2 aromatic carbocycles. The summed E-state index contributed by atoms with van der Waals surface area (Å²) in [5.41, 5.74) is 5.93. The van der Waals surface area contributed by atoms with Crippen molar-refractivity contribution in [3.63, 3.8) is 0 Å². The average Bonchev–Trinajstić information content (AvgIpc) is 3.24. The second-order valence-corrected chi connectivity index (χ2v) is 6.72. The predicted molar refractivity (Wildman–Crippen MR) is 99.2 cm³/mol. The lowest BCUT2D eigenvalue weighted by Crippen LogP contribution is -1.97. The first-order valence-corrected chi connectivity index (χ1v) is 8.78. The van der Waals surface area contributed by atoms with Gasteiger partial charge in [0.2, 0.25) is 0 Å². The highest BCUT2D eigenvalue weighted by Crippen LogP contribution is 2.37. The summed E-state index contributed by atoms with van der Waals surface area (Å²) in [5, 5.41) is 0. The molecule has 5 heteroatoms. The molecule has 3 heterocycles. The maximum atomic E-state index is 14.6.